The number of hydrogen-bond acceptors (Lipinski definition) is 7. The first-order chi connectivity index (χ1) is 12.1. The molecule has 0 radical (unpaired) electrons. The Morgan fingerprint density at radius 2 is 1.58 bits per heavy atom. The standard InChI is InChI=1S/C13H6F4N4O5/c14-7-3-8(15)11(17)12(10(7)16)19-18-4-5-1-6(20(23)24)2-9(13(5)22)21(25)26/h1-4,19,22H/b18-4+. The Balaban J connectivity index is 2.43. The minimum atomic E-state index is -1.80. The lowest BCUT2D eigenvalue weighted by Crippen LogP contribution is -2.03. The molecular weight excluding hydrogens is 368 g/mol. The summed E-state index contributed by atoms with van der Waals surface area (Å²) in [7, 11) is 0. The minimum absolute atomic E-state index is 0.0324. The molecule has 9 nitrogen and oxygen atoms in total. The molecule has 0 unspecified atom stereocenters. The summed E-state index contributed by atoms with van der Waals surface area (Å²) in [6.45, 7) is 0. The summed E-state index contributed by atoms with van der Waals surface area (Å²) in [5.74, 6) is -8.03. The summed E-state index contributed by atoms with van der Waals surface area (Å²) in [6, 6.07) is 1.14. The average Bonchev–Trinajstić information content (AvgIpc) is 2.57. The van der Waals surface area contributed by atoms with Crippen LogP contribution in [0.15, 0.2) is 23.3 Å². The quantitative estimate of drug-likeness (QED) is 0.272. The van der Waals surface area contributed by atoms with Gasteiger partial charge in [0.15, 0.2) is 23.3 Å². The second kappa shape index (κ2) is 7.00. The fourth-order valence-electron chi connectivity index (χ4n) is 1.81. The number of benzene rings is 2. The average molecular weight is 374 g/mol. The predicted molar refractivity (Wildman–Crippen MR) is 78.9 cm³/mol. The number of non-ortho nitro benzene ring substituents is 1. The Kier molecular flexibility index (Phi) is 5.00. The van der Waals surface area contributed by atoms with Gasteiger partial charge >= 0.3 is 5.69 Å². The lowest BCUT2D eigenvalue weighted by molar-refractivity contribution is -0.394. The summed E-state index contributed by atoms with van der Waals surface area (Å²) in [6.07, 6.45) is 0.539. The Labute approximate surface area is 140 Å². The van der Waals surface area contributed by atoms with Crippen molar-refractivity contribution in [1.29, 1.82) is 0 Å². The number of halogens is 4. The van der Waals surface area contributed by atoms with Gasteiger partial charge in [0.2, 0.25) is 5.75 Å². The van der Waals surface area contributed by atoms with E-state index in [9.17, 15) is 42.9 Å². The van der Waals surface area contributed by atoms with Crippen molar-refractivity contribution in [3.63, 3.8) is 0 Å². The van der Waals surface area contributed by atoms with Gasteiger partial charge in [0.05, 0.1) is 27.7 Å². The summed E-state index contributed by atoms with van der Waals surface area (Å²) >= 11 is 0. The predicted octanol–water partition coefficient (Wildman–Crippen LogP) is 3.21. The van der Waals surface area contributed by atoms with Crippen molar-refractivity contribution in [3.8, 4) is 5.75 Å². The number of phenolic OH excluding ortho intramolecular Hbond substituents is 1. The second-order valence-corrected chi connectivity index (χ2v) is 4.63. The second-order valence-electron chi connectivity index (χ2n) is 4.63. The van der Waals surface area contributed by atoms with Crippen LogP contribution in [0.3, 0.4) is 0 Å². The zero-order valence-corrected chi connectivity index (χ0v) is 12.2. The number of rotatable bonds is 5. The van der Waals surface area contributed by atoms with Crippen LogP contribution in [-0.4, -0.2) is 21.2 Å². The van der Waals surface area contributed by atoms with E-state index in [0.717, 1.165) is 0 Å². The van der Waals surface area contributed by atoms with Crippen LogP contribution in [0.1, 0.15) is 5.56 Å². The number of nitro groups is 2. The molecule has 26 heavy (non-hydrogen) atoms. The molecule has 0 amide bonds. The lowest BCUT2D eigenvalue weighted by atomic mass is 10.1. The Bertz CT molecular complexity index is 925. The van der Waals surface area contributed by atoms with Gasteiger partial charge in [-0.25, -0.2) is 17.6 Å². The van der Waals surface area contributed by atoms with E-state index in [1.165, 1.54) is 0 Å². The molecule has 0 aliphatic rings. The largest absolute Gasteiger partial charge is 0.502 e. The van der Waals surface area contributed by atoms with Crippen molar-refractivity contribution in [1.82, 2.24) is 0 Å². The molecule has 0 aliphatic heterocycles. The summed E-state index contributed by atoms with van der Waals surface area (Å²) < 4.78 is 53.0. The van der Waals surface area contributed by atoms with Crippen molar-refractivity contribution >= 4 is 23.3 Å². The zero-order chi connectivity index (χ0) is 19.6. The van der Waals surface area contributed by atoms with Gasteiger partial charge in [-0.2, -0.15) is 5.10 Å². The van der Waals surface area contributed by atoms with Gasteiger partial charge in [-0.3, -0.25) is 25.7 Å². The van der Waals surface area contributed by atoms with E-state index in [4.69, 9.17) is 0 Å². The molecule has 0 aliphatic carbocycles. The first-order valence-corrected chi connectivity index (χ1v) is 6.41. The van der Waals surface area contributed by atoms with Gasteiger partial charge in [-0.15, -0.1) is 0 Å². The first-order valence-electron chi connectivity index (χ1n) is 6.41. The van der Waals surface area contributed by atoms with Gasteiger partial charge in [-0.05, 0) is 0 Å². The van der Waals surface area contributed by atoms with Crippen molar-refractivity contribution < 1.29 is 32.5 Å². The van der Waals surface area contributed by atoms with Crippen LogP contribution in [0.25, 0.3) is 0 Å². The van der Waals surface area contributed by atoms with Gasteiger partial charge in [0.25, 0.3) is 5.69 Å². The molecule has 0 aromatic heterocycles. The molecule has 13 heteroatoms. The van der Waals surface area contributed by atoms with Crippen LogP contribution in [0.2, 0.25) is 0 Å². The number of hydrazone groups is 1. The number of hydrogen-bond donors (Lipinski definition) is 2. The van der Waals surface area contributed by atoms with E-state index in [2.05, 4.69) is 5.10 Å². The molecule has 136 valence electrons. The van der Waals surface area contributed by atoms with Crippen LogP contribution in [0.5, 0.6) is 5.75 Å². The first kappa shape index (κ1) is 18.6. The van der Waals surface area contributed by atoms with Crippen LogP contribution in [0.4, 0.5) is 34.6 Å². The molecule has 0 fully saturated rings. The molecular formula is C13H6F4N4O5. The number of anilines is 1. The molecule has 2 aromatic rings. The number of nitrogens with zero attached hydrogens (tertiary/aromatic N) is 3. The van der Waals surface area contributed by atoms with E-state index in [1.807, 2.05) is 0 Å². The van der Waals surface area contributed by atoms with E-state index < -0.39 is 61.5 Å². The topological polar surface area (TPSA) is 131 Å². The van der Waals surface area contributed by atoms with Crippen LogP contribution >= 0.6 is 0 Å². The van der Waals surface area contributed by atoms with Crippen molar-refractivity contribution in [2.75, 3.05) is 5.43 Å². The third kappa shape index (κ3) is 3.50. The fourth-order valence-corrected chi connectivity index (χ4v) is 1.81. The van der Waals surface area contributed by atoms with Crippen molar-refractivity contribution in [2.24, 2.45) is 5.10 Å². The highest BCUT2D eigenvalue weighted by Gasteiger charge is 2.23. The van der Waals surface area contributed by atoms with Crippen molar-refractivity contribution in [2.45, 2.75) is 0 Å². The summed E-state index contributed by atoms with van der Waals surface area (Å²) in [4.78, 5) is 19.5. The normalized spacial score (nSPS) is 10.9. The number of nitro benzene ring substituents is 2. The third-order valence-corrected chi connectivity index (χ3v) is 3.00. The Morgan fingerprint density at radius 3 is 2.08 bits per heavy atom. The van der Waals surface area contributed by atoms with Gasteiger partial charge in [-0.1, -0.05) is 0 Å². The van der Waals surface area contributed by atoms with Crippen LogP contribution in [-0.2, 0) is 0 Å². The van der Waals surface area contributed by atoms with E-state index >= 15 is 0 Å². The Morgan fingerprint density at radius 1 is 1.00 bits per heavy atom. The molecule has 0 saturated heterocycles. The molecule has 2 rings (SSSR count). The summed E-state index contributed by atoms with van der Waals surface area (Å²) in [5, 5.41) is 34.4. The molecule has 0 bridgehead atoms. The lowest BCUT2D eigenvalue weighted by Gasteiger charge is -2.06. The van der Waals surface area contributed by atoms with E-state index in [-0.39, 0.29) is 6.07 Å². The van der Waals surface area contributed by atoms with Crippen LogP contribution < -0.4 is 5.43 Å². The molecule has 0 atom stereocenters. The number of aromatic hydroxyl groups is 1. The SMILES string of the molecule is O=[N+]([O-])c1cc(/C=N/Nc2c(F)c(F)cc(F)c2F)c(O)c([N+](=O)[O-])c1. The maximum absolute atomic E-state index is 13.4. The number of nitrogens with one attached hydrogen (secondary N) is 1. The van der Waals surface area contributed by atoms with Crippen molar-refractivity contribution in [3.05, 3.63) is 67.3 Å². The fraction of sp³-hybridized carbons (Fsp3) is 0. The summed E-state index contributed by atoms with van der Waals surface area (Å²) in [5.41, 5.74) is -2.03. The van der Waals surface area contributed by atoms with Crippen LogP contribution in [0, 0.1) is 43.5 Å². The maximum Gasteiger partial charge on any atom is 0.318 e. The molecule has 0 saturated carbocycles. The van der Waals surface area contributed by atoms with Gasteiger partial charge in [0.1, 0.15) is 5.69 Å². The highest BCUT2D eigenvalue weighted by atomic mass is 19.2. The smallest absolute Gasteiger partial charge is 0.318 e. The highest BCUT2D eigenvalue weighted by Crippen LogP contribution is 2.33. The monoisotopic (exact) mass is 374 g/mol. The van der Waals surface area contributed by atoms with E-state index in [0.29, 0.717) is 18.3 Å². The number of phenols is 1. The molecule has 0 spiro atoms. The Hall–Kier alpha value is -3.77. The van der Waals surface area contributed by atoms with E-state index in [1.54, 1.807) is 5.43 Å². The molecule has 2 N–H and O–H groups in total. The van der Waals surface area contributed by atoms with Gasteiger partial charge < -0.3 is 5.11 Å². The third-order valence-electron chi connectivity index (χ3n) is 3.00. The maximum atomic E-state index is 13.4. The zero-order valence-electron chi connectivity index (χ0n) is 12.2. The molecule has 0 heterocycles. The van der Waals surface area contributed by atoms with Gasteiger partial charge in [0, 0.05) is 12.1 Å². The highest BCUT2D eigenvalue weighted by molar-refractivity contribution is 5.87. The molecule has 2 aromatic carbocycles. The minimum Gasteiger partial charge on any atom is -0.502 e.